The largest absolute Gasteiger partial charge is 0.310 e. The van der Waals surface area contributed by atoms with Crippen LogP contribution in [0.2, 0.25) is 5.02 Å². The van der Waals surface area contributed by atoms with E-state index in [1.807, 2.05) is 18.2 Å². The summed E-state index contributed by atoms with van der Waals surface area (Å²) in [5.41, 5.74) is 8.85. The predicted octanol–water partition coefficient (Wildman–Crippen LogP) is 12.9. The Balaban J connectivity index is 1.29. The van der Waals surface area contributed by atoms with Crippen molar-refractivity contribution in [3.63, 3.8) is 0 Å². The molecule has 222 valence electrons. The lowest BCUT2D eigenvalue weighted by Crippen LogP contribution is -2.09. The molecule has 0 N–H and O–H groups in total. The topological polar surface area (TPSA) is 8.17 Å². The summed E-state index contributed by atoms with van der Waals surface area (Å²) in [6, 6.07) is 62.6. The second kappa shape index (κ2) is 11.2. The molecule has 9 aromatic rings. The summed E-state index contributed by atoms with van der Waals surface area (Å²) < 4.78 is 2.44. The van der Waals surface area contributed by atoms with Crippen molar-refractivity contribution in [2.24, 2.45) is 0 Å². The molecule has 0 aliphatic carbocycles. The fourth-order valence-corrected chi connectivity index (χ4v) is 7.24. The average molecular weight is 621 g/mol. The molecule has 0 unspecified atom stereocenters. The standard InChI is InChI=1S/C44H29ClN2/c45-35-25-34(27-39(29-35)46(36-14-3-1-4-15-36)37-16-5-2-6-17-37)33-21-23-41-42-24-20-31-12-9-10-18-40(31)44(42)47(43(41)28-33)38-22-19-30-11-7-8-13-32(30)26-38/h1-29H. The highest BCUT2D eigenvalue weighted by molar-refractivity contribution is 6.31. The molecule has 8 aromatic carbocycles. The van der Waals surface area contributed by atoms with E-state index in [9.17, 15) is 0 Å². The molecule has 47 heavy (non-hydrogen) atoms. The molecule has 0 amide bonds. The zero-order valence-corrected chi connectivity index (χ0v) is 26.3. The molecule has 0 saturated carbocycles. The third kappa shape index (κ3) is 4.74. The van der Waals surface area contributed by atoms with Gasteiger partial charge in [-0.05, 0) is 87.9 Å². The van der Waals surface area contributed by atoms with Crippen LogP contribution in [0.5, 0.6) is 0 Å². The molecule has 0 atom stereocenters. The summed E-state index contributed by atoms with van der Waals surface area (Å²) in [5.74, 6) is 0. The summed E-state index contributed by atoms with van der Waals surface area (Å²) in [5, 5.41) is 8.07. The lowest BCUT2D eigenvalue weighted by Gasteiger charge is -2.26. The van der Waals surface area contributed by atoms with Gasteiger partial charge < -0.3 is 9.47 Å². The molecule has 1 aromatic heterocycles. The number of fused-ring (bicyclic) bond motifs is 6. The van der Waals surface area contributed by atoms with Gasteiger partial charge in [0.25, 0.3) is 0 Å². The molecule has 0 radical (unpaired) electrons. The first-order chi connectivity index (χ1) is 23.2. The molecule has 0 spiro atoms. The molecule has 2 nitrogen and oxygen atoms in total. The van der Waals surface area contributed by atoms with E-state index in [0.717, 1.165) is 39.4 Å². The highest BCUT2D eigenvalue weighted by atomic mass is 35.5. The van der Waals surface area contributed by atoms with Gasteiger partial charge in [0, 0.05) is 43.9 Å². The Kier molecular flexibility index (Phi) is 6.55. The minimum absolute atomic E-state index is 0.690. The van der Waals surface area contributed by atoms with Crippen molar-refractivity contribution in [1.29, 1.82) is 0 Å². The van der Waals surface area contributed by atoms with Gasteiger partial charge in [-0.25, -0.2) is 0 Å². The monoisotopic (exact) mass is 620 g/mol. The molecular weight excluding hydrogens is 592 g/mol. The number of nitrogens with zero attached hydrogens (tertiary/aromatic N) is 2. The molecule has 0 bridgehead atoms. The summed E-state index contributed by atoms with van der Waals surface area (Å²) >= 11 is 6.92. The fraction of sp³-hybridized carbons (Fsp3) is 0. The first-order valence-electron chi connectivity index (χ1n) is 15.9. The maximum Gasteiger partial charge on any atom is 0.0619 e. The van der Waals surface area contributed by atoms with Gasteiger partial charge in [-0.1, -0.05) is 127 Å². The van der Waals surface area contributed by atoms with Crippen molar-refractivity contribution >= 4 is 72.0 Å². The molecule has 3 heteroatoms. The van der Waals surface area contributed by atoms with E-state index < -0.39 is 0 Å². The first kappa shape index (κ1) is 27.5. The van der Waals surface area contributed by atoms with Crippen LogP contribution < -0.4 is 4.90 Å². The van der Waals surface area contributed by atoms with E-state index >= 15 is 0 Å². The van der Waals surface area contributed by atoms with Crippen LogP contribution in [0.3, 0.4) is 0 Å². The highest BCUT2D eigenvalue weighted by Gasteiger charge is 2.18. The number of hydrogen-bond donors (Lipinski definition) is 0. The second-order valence-corrected chi connectivity index (χ2v) is 12.4. The van der Waals surface area contributed by atoms with E-state index in [-0.39, 0.29) is 0 Å². The lowest BCUT2D eigenvalue weighted by atomic mass is 10.0. The highest BCUT2D eigenvalue weighted by Crippen LogP contribution is 2.41. The Bertz CT molecular complexity index is 2550. The van der Waals surface area contributed by atoms with Crippen molar-refractivity contribution in [2.75, 3.05) is 4.90 Å². The third-order valence-corrected chi connectivity index (χ3v) is 9.37. The fourth-order valence-electron chi connectivity index (χ4n) is 7.01. The van der Waals surface area contributed by atoms with Gasteiger partial charge >= 0.3 is 0 Å². The summed E-state index contributed by atoms with van der Waals surface area (Å²) in [6.07, 6.45) is 0. The first-order valence-corrected chi connectivity index (χ1v) is 16.3. The number of aromatic nitrogens is 1. The Labute approximate surface area is 278 Å². The van der Waals surface area contributed by atoms with Crippen LogP contribution in [0.4, 0.5) is 17.1 Å². The maximum atomic E-state index is 6.92. The molecule has 0 saturated heterocycles. The normalized spacial score (nSPS) is 11.5. The lowest BCUT2D eigenvalue weighted by molar-refractivity contribution is 1.19. The van der Waals surface area contributed by atoms with Crippen LogP contribution in [-0.2, 0) is 0 Å². The number of para-hydroxylation sites is 2. The molecule has 0 aliphatic rings. The van der Waals surface area contributed by atoms with Crippen molar-refractivity contribution in [2.45, 2.75) is 0 Å². The minimum Gasteiger partial charge on any atom is -0.310 e. The van der Waals surface area contributed by atoms with Crippen molar-refractivity contribution in [1.82, 2.24) is 4.57 Å². The van der Waals surface area contributed by atoms with E-state index in [2.05, 4.69) is 167 Å². The third-order valence-electron chi connectivity index (χ3n) is 9.15. The van der Waals surface area contributed by atoms with Crippen LogP contribution in [0.1, 0.15) is 0 Å². The van der Waals surface area contributed by atoms with Gasteiger partial charge in [-0.15, -0.1) is 0 Å². The Morgan fingerprint density at radius 1 is 0.404 bits per heavy atom. The average Bonchev–Trinajstić information content (AvgIpc) is 3.46. The Morgan fingerprint density at radius 3 is 1.81 bits per heavy atom. The van der Waals surface area contributed by atoms with E-state index in [0.29, 0.717) is 5.02 Å². The van der Waals surface area contributed by atoms with Gasteiger partial charge in [0.2, 0.25) is 0 Å². The molecule has 1 heterocycles. The van der Waals surface area contributed by atoms with Gasteiger partial charge in [-0.2, -0.15) is 0 Å². The van der Waals surface area contributed by atoms with Crippen molar-refractivity contribution < 1.29 is 0 Å². The minimum atomic E-state index is 0.690. The van der Waals surface area contributed by atoms with Crippen LogP contribution >= 0.6 is 11.6 Å². The Hall–Kier alpha value is -5.83. The van der Waals surface area contributed by atoms with Gasteiger partial charge in [0.1, 0.15) is 0 Å². The second-order valence-electron chi connectivity index (χ2n) is 12.0. The number of hydrogen-bond acceptors (Lipinski definition) is 1. The SMILES string of the molecule is Clc1cc(-c2ccc3c4ccc5ccccc5c4n(-c4ccc5ccccc5c4)c3c2)cc(N(c2ccccc2)c2ccccc2)c1. The quantitative estimate of drug-likeness (QED) is 0.186. The van der Waals surface area contributed by atoms with Crippen LogP contribution in [0, 0.1) is 0 Å². The van der Waals surface area contributed by atoms with Crippen molar-refractivity contribution in [3.8, 4) is 16.8 Å². The zero-order valence-electron chi connectivity index (χ0n) is 25.5. The number of halogens is 1. The van der Waals surface area contributed by atoms with Crippen molar-refractivity contribution in [3.05, 3.63) is 181 Å². The maximum absolute atomic E-state index is 6.92. The van der Waals surface area contributed by atoms with E-state index in [1.54, 1.807) is 0 Å². The van der Waals surface area contributed by atoms with E-state index in [4.69, 9.17) is 11.6 Å². The smallest absolute Gasteiger partial charge is 0.0619 e. The van der Waals surface area contributed by atoms with Crippen LogP contribution in [0.15, 0.2) is 176 Å². The van der Waals surface area contributed by atoms with E-state index in [1.165, 1.54) is 37.8 Å². The predicted molar refractivity (Wildman–Crippen MR) is 201 cm³/mol. The van der Waals surface area contributed by atoms with Gasteiger partial charge in [0.15, 0.2) is 0 Å². The number of anilines is 3. The van der Waals surface area contributed by atoms with Gasteiger partial charge in [0.05, 0.1) is 11.0 Å². The molecule has 0 fully saturated rings. The number of rotatable bonds is 5. The van der Waals surface area contributed by atoms with Crippen LogP contribution in [-0.4, -0.2) is 4.57 Å². The number of benzene rings is 8. The van der Waals surface area contributed by atoms with Gasteiger partial charge in [-0.3, -0.25) is 0 Å². The summed E-state index contributed by atoms with van der Waals surface area (Å²) in [6.45, 7) is 0. The zero-order chi connectivity index (χ0) is 31.3. The summed E-state index contributed by atoms with van der Waals surface area (Å²) in [4.78, 5) is 2.26. The molecule has 0 aliphatic heterocycles. The Morgan fingerprint density at radius 2 is 1.04 bits per heavy atom. The summed E-state index contributed by atoms with van der Waals surface area (Å²) in [7, 11) is 0. The van der Waals surface area contributed by atoms with Crippen LogP contribution in [0.25, 0.3) is 60.2 Å². The molecular formula is C44H29ClN2. The molecule has 9 rings (SSSR count).